The van der Waals surface area contributed by atoms with Crippen molar-refractivity contribution in [3.63, 3.8) is 0 Å². The van der Waals surface area contributed by atoms with Gasteiger partial charge in [-0.3, -0.25) is 9.59 Å². The average molecular weight is 522 g/mol. The third-order valence-corrected chi connectivity index (χ3v) is 6.76. The molecule has 0 saturated carbocycles. The van der Waals surface area contributed by atoms with Crippen LogP contribution in [0.25, 0.3) is 0 Å². The van der Waals surface area contributed by atoms with E-state index in [9.17, 15) is 9.59 Å². The topological polar surface area (TPSA) is 55.4 Å². The number of thioether (sulfide) groups is 1. The highest BCUT2D eigenvalue weighted by Crippen LogP contribution is 2.37. The second-order valence-corrected chi connectivity index (χ2v) is 8.73. The van der Waals surface area contributed by atoms with Crippen LogP contribution in [-0.4, -0.2) is 23.7 Å². The molecule has 0 aliphatic heterocycles. The molecule has 0 bridgehead atoms. The number of anilines is 1. The molecule has 11 heteroatoms. The van der Waals surface area contributed by atoms with Gasteiger partial charge in [0.1, 0.15) is 0 Å². The van der Waals surface area contributed by atoms with E-state index in [0.29, 0.717) is 9.92 Å². The number of hydrogen-bond donors (Lipinski definition) is 1. The number of carbonyl (C=O) groups is 2. The summed E-state index contributed by atoms with van der Waals surface area (Å²) < 4.78 is 5.12. The molecule has 1 atom stereocenters. The molecule has 0 radical (unpaired) electrons. The summed E-state index contributed by atoms with van der Waals surface area (Å²) in [6.07, 6.45) is -1.07. The third-order valence-electron chi connectivity index (χ3n) is 3.29. The maximum Gasteiger partial charge on any atom is 0.317 e. The fraction of sp³-hybridized carbons (Fsp3) is 0.176. The molecule has 2 rings (SSSR count). The first kappa shape index (κ1) is 23.7. The van der Waals surface area contributed by atoms with Gasteiger partial charge in [0.15, 0.2) is 6.10 Å². The van der Waals surface area contributed by atoms with E-state index >= 15 is 0 Å². The molecule has 4 nitrogen and oxygen atoms in total. The lowest BCUT2D eigenvalue weighted by Gasteiger charge is -2.15. The van der Waals surface area contributed by atoms with E-state index in [4.69, 9.17) is 74.3 Å². The molecule has 0 heterocycles. The van der Waals surface area contributed by atoms with Crippen LogP contribution in [0.5, 0.6) is 0 Å². The fourth-order valence-electron chi connectivity index (χ4n) is 1.89. The molecule has 0 fully saturated rings. The van der Waals surface area contributed by atoms with Crippen molar-refractivity contribution in [2.24, 2.45) is 0 Å². The van der Waals surface area contributed by atoms with E-state index in [0.717, 1.165) is 11.8 Å². The fourth-order valence-corrected chi connectivity index (χ4v) is 3.98. The van der Waals surface area contributed by atoms with Crippen molar-refractivity contribution < 1.29 is 14.3 Å². The van der Waals surface area contributed by atoms with Crippen molar-refractivity contribution in [1.29, 1.82) is 0 Å². The Labute approximate surface area is 195 Å². The Morgan fingerprint density at radius 1 is 0.964 bits per heavy atom. The van der Waals surface area contributed by atoms with E-state index in [1.807, 2.05) is 0 Å². The minimum absolute atomic E-state index is 0.0805. The predicted molar refractivity (Wildman–Crippen MR) is 118 cm³/mol. The van der Waals surface area contributed by atoms with E-state index in [1.54, 1.807) is 12.1 Å². The zero-order valence-corrected chi connectivity index (χ0v) is 19.3. The van der Waals surface area contributed by atoms with Gasteiger partial charge in [-0.2, -0.15) is 0 Å². The molecule has 0 aliphatic rings. The summed E-state index contributed by atoms with van der Waals surface area (Å²) >= 11 is 36.8. The minimum Gasteiger partial charge on any atom is -0.452 e. The zero-order chi connectivity index (χ0) is 21.0. The van der Waals surface area contributed by atoms with E-state index in [-0.39, 0.29) is 36.6 Å². The third kappa shape index (κ3) is 6.23. The van der Waals surface area contributed by atoms with Crippen molar-refractivity contribution in [3.8, 4) is 0 Å². The number of rotatable bonds is 6. The minimum atomic E-state index is -1.07. The molecule has 0 saturated heterocycles. The molecule has 2 aromatic rings. The highest BCUT2D eigenvalue weighted by atomic mass is 35.5. The molecular formula is C17H11Cl6NO3S. The lowest BCUT2D eigenvalue weighted by atomic mass is 10.3. The quantitative estimate of drug-likeness (QED) is 0.188. The Kier molecular flexibility index (Phi) is 8.89. The van der Waals surface area contributed by atoms with Crippen molar-refractivity contribution >= 4 is 98.9 Å². The van der Waals surface area contributed by atoms with Gasteiger partial charge < -0.3 is 10.1 Å². The first-order valence-corrected chi connectivity index (χ1v) is 10.8. The number of ether oxygens (including phenoxy) is 1. The standard InChI is InChI=1S/C17H11Cl6NO3S/c1-7(17(26)24-12-5-10(20)9(19)4-11(12)21)27-14(25)6-28-13-3-2-8(18)15(22)16(13)23/h2-5,7H,6H2,1H3,(H,24,26)/t7-/m0/s1. The number of amides is 1. The van der Waals surface area contributed by atoms with Gasteiger partial charge in [-0.1, -0.05) is 69.6 Å². The summed E-state index contributed by atoms with van der Waals surface area (Å²) in [7, 11) is 0. The lowest BCUT2D eigenvalue weighted by Crippen LogP contribution is -2.30. The Hall–Kier alpha value is -0.530. The largest absolute Gasteiger partial charge is 0.452 e. The SMILES string of the molecule is C[C@H](OC(=O)CSc1ccc(Cl)c(Cl)c1Cl)C(=O)Nc1cc(Cl)c(Cl)cc1Cl. The highest BCUT2D eigenvalue weighted by Gasteiger charge is 2.20. The van der Waals surface area contributed by atoms with Gasteiger partial charge in [0.05, 0.1) is 41.6 Å². The summed E-state index contributed by atoms with van der Waals surface area (Å²) in [5.74, 6) is -1.27. The Morgan fingerprint density at radius 3 is 2.29 bits per heavy atom. The van der Waals surface area contributed by atoms with Crippen LogP contribution in [0.4, 0.5) is 5.69 Å². The van der Waals surface area contributed by atoms with Crippen LogP contribution in [0.3, 0.4) is 0 Å². The van der Waals surface area contributed by atoms with Crippen LogP contribution in [0.2, 0.25) is 30.1 Å². The number of carbonyl (C=O) groups excluding carboxylic acids is 2. The summed E-state index contributed by atoms with van der Waals surface area (Å²) in [6.45, 7) is 1.43. The molecule has 0 aromatic heterocycles. The van der Waals surface area contributed by atoms with Crippen molar-refractivity contribution in [2.75, 3.05) is 11.1 Å². The number of hydrogen-bond acceptors (Lipinski definition) is 4. The first-order valence-electron chi connectivity index (χ1n) is 7.51. The molecular weight excluding hydrogens is 511 g/mol. The van der Waals surface area contributed by atoms with Gasteiger partial charge in [-0.25, -0.2) is 0 Å². The molecule has 2 aromatic carbocycles. The zero-order valence-electron chi connectivity index (χ0n) is 14.0. The van der Waals surface area contributed by atoms with Gasteiger partial charge in [-0.05, 0) is 31.2 Å². The van der Waals surface area contributed by atoms with Crippen molar-refractivity contribution in [1.82, 2.24) is 0 Å². The van der Waals surface area contributed by atoms with E-state index in [1.165, 1.54) is 19.1 Å². The Bertz CT molecular complexity index is 924. The summed E-state index contributed by atoms with van der Waals surface area (Å²) in [5.41, 5.74) is 0.251. The van der Waals surface area contributed by atoms with Gasteiger partial charge in [-0.15, -0.1) is 11.8 Å². The average Bonchev–Trinajstić information content (AvgIpc) is 2.63. The number of benzene rings is 2. The number of esters is 1. The van der Waals surface area contributed by atoms with Crippen LogP contribution < -0.4 is 5.32 Å². The second kappa shape index (κ2) is 10.5. The lowest BCUT2D eigenvalue weighted by molar-refractivity contribution is -0.150. The van der Waals surface area contributed by atoms with Gasteiger partial charge in [0.2, 0.25) is 0 Å². The maximum absolute atomic E-state index is 12.2. The molecule has 0 spiro atoms. The predicted octanol–water partition coefficient (Wildman–Crippen LogP) is 7.27. The highest BCUT2D eigenvalue weighted by molar-refractivity contribution is 8.00. The first-order chi connectivity index (χ1) is 13.1. The molecule has 0 aliphatic carbocycles. The summed E-state index contributed by atoms with van der Waals surface area (Å²) in [5, 5.41) is 3.96. The van der Waals surface area contributed by atoms with E-state index in [2.05, 4.69) is 5.32 Å². The van der Waals surface area contributed by atoms with Gasteiger partial charge in [0.25, 0.3) is 5.91 Å². The Balaban J connectivity index is 1.92. The second-order valence-electron chi connectivity index (χ2n) is 5.33. The smallest absolute Gasteiger partial charge is 0.317 e. The summed E-state index contributed by atoms with van der Waals surface area (Å²) in [6, 6.07) is 6.01. The van der Waals surface area contributed by atoms with Crippen LogP contribution in [0, 0.1) is 0 Å². The Morgan fingerprint density at radius 2 is 1.61 bits per heavy atom. The number of nitrogens with one attached hydrogen (secondary N) is 1. The molecule has 1 amide bonds. The van der Waals surface area contributed by atoms with Crippen LogP contribution >= 0.6 is 81.4 Å². The molecule has 28 heavy (non-hydrogen) atoms. The number of halogens is 6. The van der Waals surface area contributed by atoms with E-state index < -0.39 is 18.0 Å². The summed E-state index contributed by atoms with van der Waals surface area (Å²) in [4.78, 5) is 24.8. The molecule has 1 N–H and O–H groups in total. The van der Waals surface area contributed by atoms with Crippen molar-refractivity contribution in [3.05, 3.63) is 54.4 Å². The maximum atomic E-state index is 12.2. The van der Waals surface area contributed by atoms with Gasteiger partial charge >= 0.3 is 5.97 Å². The van der Waals surface area contributed by atoms with Crippen LogP contribution in [-0.2, 0) is 14.3 Å². The van der Waals surface area contributed by atoms with Crippen LogP contribution in [0.15, 0.2) is 29.2 Å². The normalized spacial score (nSPS) is 11.8. The molecule has 0 unspecified atom stereocenters. The van der Waals surface area contributed by atoms with Gasteiger partial charge in [0, 0.05) is 4.90 Å². The van der Waals surface area contributed by atoms with Crippen molar-refractivity contribution in [2.45, 2.75) is 17.9 Å². The monoisotopic (exact) mass is 519 g/mol. The van der Waals surface area contributed by atoms with Crippen LogP contribution in [0.1, 0.15) is 6.92 Å². The molecule has 150 valence electrons.